The third-order valence-electron chi connectivity index (χ3n) is 2.20. The SMILES string of the molecule is CCCC([C]=O)NC(=O)C(C)NC(=O)C(C)N. The zero-order chi connectivity index (χ0) is 13.4. The molecule has 17 heavy (non-hydrogen) atoms. The topological polar surface area (TPSA) is 101 Å². The van der Waals surface area contributed by atoms with Gasteiger partial charge in [-0.15, -0.1) is 0 Å². The van der Waals surface area contributed by atoms with E-state index in [1.54, 1.807) is 6.29 Å². The standard InChI is InChI=1S/C11H20N3O3/c1-4-5-9(6-15)14-11(17)8(3)13-10(16)7(2)12/h7-9H,4-5,12H2,1-3H3,(H,13,16)(H,14,17). The first-order valence-corrected chi connectivity index (χ1v) is 5.66. The minimum Gasteiger partial charge on any atom is -0.344 e. The Labute approximate surface area is 101 Å². The highest BCUT2D eigenvalue weighted by Crippen LogP contribution is 1.94. The van der Waals surface area contributed by atoms with Gasteiger partial charge in [-0.25, -0.2) is 0 Å². The van der Waals surface area contributed by atoms with E-state index >= 15 is 0 Å². The Morgan fingerprint density at radius 3 is 2.24 bits per heavy atom. The number of hydrogen-bond acceptors (Lipinski definition) is 4. The molecule has 0 fully saturated rings. The highest BCUT2D eigenvalue weighted by molar-refractivity contribution is 5.90. The van der Waals surface area contributed by atoms with Crippen LogP contribution < -0.4 is 16.4 Å². The predicted octanol–water partition coefficient (Wildman–Crippen LogP) is -0.767. The van der Waals surface area contributed by atoms with Crippen molar-refractivity contribution in [3.8, 4) is 0 Å². The number of nitrogens with two attached hydrogens (primary N) is 1. The molecule has 0 aliphatic heterocycles. The summed E-state index contributed by atoms with van der Waals surface area (Å²) in [4.78, 5) is 33.4. The zero-order valence-electron chi connectivity index (χ0n) is 10.4. The highest BCUT2D eigenvalue weighted by Gasteiger charge is 2.20. The van der Waals surface area contributed by atoms with Crippen LogP contribution in [0.1, 0.15) is 33.6 Å². The van der Waals surface area contributed by atoms with E-state index in [0.717, 1.165) is 6.42 Å². The molecule has 0 aromatic carbocycles. The van der Waals surface area contributed by atoms with Crippen molar-refractivity contribution in [3.63, 3.8) is 0 Å². The molecule has 0 saturated heterocycles. The molecule has 0 heterocycles. The van der Waals surface area contributed by atoms with Gasteiger partial charge < -0.3 is 16.4 Å². The van der Waals surface area contributed by atoms with Gasteiger partial charge in [-0.3, -0.25) is 14.4 Å². The van der Waals surface area contributed by atoms with Crippen molar-refractivity contribution in [3.05, 3.63) is 0 Å². The lowest BCUT2D eigenvalue weighted by Crippen LogP contribution is -2.51. The second-order valence-electron chi connectivity index (χ2n) is 3.99. The van der Waals surface area contributed by atoms with E-state index in [9.17, 15) is 14.4 Å². The largest absolute Gasteiger partial charge is 0.344 e. The van der Waals surface area contributed by atoms with Gasteiger partial charge in [0.05, 0.1) is 12.1 Å². The Bertz CT molecular complexity index is 279. The molecule has 4 N–H and O–H groups in total. The van der Waals surface area contributed by atoms with E-state index < -0.39 is 29.9 Å². The molecule has 3 unspecified atom stereocenters. The van der Waals surface area contributed by atoms with E-state index in [-0.39, 0.29) is 0 Å². The van der Waals surface area contributed by atoms with Crippen LogP contribution >= 0.6 is 0 Å². The fourth-order valence-corrected chi connectivity index (χ4v) is 1.16. The first-order valence-electron chi connectivity index (χ1n) is 5.66. The van der Waals surface area contributed by atoms with Crippen LogP contribution in [0.2, 0.25) is 0 Å². The minimum atomic E-state index is -0.721. The van der Waals surface area contributed by atoms with E-state index in [1.807, 2.05) is 6.92 Å². The van der Waals surface area contributed by atoms with Gasteiger partial charge in [-0.1, -0.05) is 13.3 Å². The number of rotatable bonds is 7. The van der Waals surface area contributed by atoms with Crippen molar-refractivity contribution in [1.82, 2.24) is 10.6 Å². The number of amides is 2. The van der Waals surface area contributed by atoms with Crippen LogP contribution in [0.3, 0.4) is 0 Å². The lowest BCUT2D eigenvalue weighted by atomic mass is 10.1. The van der Waals surface area contributed by atoms with Crippen molar-refractivity contribution < 1.29 is 14.4 Å². The Balaban J connectivity index is 4.21. The predicted molar refractivity (Wildman–Crippen MR) is 63.8 cm³/mol. The lowest BCUT2D eigenvalue weighted by Gasteiger charge is -2.17. The van der Waals surface area contributed by atoms with Crippen molar-refractivity contribution in [2.45, 2.75) is 51.7 Å². The van der Waals surface area contributed by atoms with E-state index in [1.165, 1.54) is 13.8 Å². The van der Waals surface area contributed by atoms with Crippen molar-refractivity contribution in [2.75, 3.05) is 0 Å². The van der Waals surface area contributed by atoms with Gasteiger partial charge in [0.25, 0.3) is 0 Å². The summed E-state index contributed by atoms with van der Waals surface area (Å²) < 4.78 is 0. The molecule has 1 radical (unpaired) electrons. The quantitative estimate of drug-likeness (QED) is 0.545. The minimum absolute atomic E-state index is 0.408. The Morgan fingerprint density at radius 1 is 1.24 bits per heavy atom. The molecule has 0 saturated carbocycles. The number of nitrogens with one attached hydrogen (secondary N) is 2. The summed E-state index contributed by atoms with van der Waals surface area (Å²) in [5.41, 5.74) is 5.35. The Kier molecular flexibility index (Phi) is 7.13. The van der Waals surface area contributed by atoms with Gasteiger partial charge >= 0.3 is 0 Å². The first kappa shape index (κ1) is 15.6. The summed E-state index contributed by atoms with van der Waals surface area (Å²) >= 11 is 0. The summed E-state index contributed by atoms with van der Waals surface area (Å²) in [6.45, 7) is 4.96. The third kappa shape index (κ3) is 6.01. The first-order chi connectivity index (χ1) is 7.92. The Morgan fingerprint density at radius 2 is 1.82 bits per heavy atom. The molecule has 0 spiro atoms. The second kappa shape index (κ2) is 7.78. The van der Waals surface area contributed by atoms with Gasteiger partial charge in [0.15, 0.2) is 0 Å². The molecule has 0 aromatic rings. The maximum atomic E-state index is 11.6. The molecule has 6 nitrogen and oxygen atoms in total. The van der Waals surface area contributed by atoms with Crippen LogP contribution in [0.5, 0.6) is 0 Å². The molecule has 2 amide bonds. The van der Waals surface area contributed by atoms with Gasteiger partial charge in [-0.05, 0) is 20.3 Å². The van der Waals surface area contributed by atoms with Crippen molar-refractivity contribution >= 4 is 18.1 Å². The molecule has 6 heteroatoms. The summed E-state index contributed by atoms with van der Waals surface area (Å²) in [5, 5.41) is 4.94. The van der Waals surface area contributed by atoms with Gasteiger partial charge in [-0.2, -0.15) is 0 Å². The smallest absolute Gasteiger partial charge is 0.242 e. The fourth-order valence-electron chi connectivity index (χ4n) is 1.16. The molecular formula is C11H20N3O3. The summed E-state index contributed by atoms with van der Waals surface area (Å²) in [5.74, 6) is -0.824. The average molecular weight is 242 g/mol. The van der Waals surface area contributed by atoms with Crippen molar-refractivity contribution in [1.29, 1.82) is 0 Å². The van der Waals surface area contributed by atoms with Crippen molar-refractivity contribution in [2.24, 2.45) is 5.73 Å². The molecule has 3 atom stereocenters. The molecular weight excluding hydrogens is 222 g/mol. The van der Waals surface area contributed by atoms with E-state index in [2.05, 4.69) is 10.6 Å². The molecule has 0 aromatic heterocycles. The lowest BCUT2D eigenvalue weighted by molar-refractivity contribution is -0.129. The average Bonchev–Trinajstić information content (AvgIpc) is 2.27. The van der Waals surface area contributed by atoms with Crippen LogP contribution in [0.25, 0.3) is 0 Å². The monoisotopic (exact) mass is 242 g/mol. The number of hydrogen-bond donors (Lipinski definition) is 3. The van der Waals surface area contributed by atoms with Gasteiger partial charge in [0.2, 0.25) is 18.1 Å². The third-order valence-corrected chi connectivity index (χ3v) is 2.20. The zero-order valence-corrected chi connectivity index (χ0v) is 10.4. The summed E-state index contributed by atoms with van der Waals surface area (Å²) in [6.07, 6.45) is 3.04. The van der Waals surface area contributed by atoms with Crippen LogP contribution in [0.15, 0.2) is 0 Å². The molecule has 0 bridgehead atoms. The van der Waals surface area contributed by atoms with Gasteiger partial charge in [0.1, 0.15) is 6.04 Å². The highest BCUT2D eigenvalue weighted by atomic mass is 16.2. The number of carbonyl (C=O) groups excluding carboxylic acids is 3. The number of carbonyl (C=O) groups is 2. The Hall–Kier alpha value is -1.43. The molecule has 0 aliphatic rings. The van der Waals surface area contributed by atoms with Gasteiger partial charge in [0, 0.05) is 0 Å². The fraction of sp³-hybridized carbons (Fsp3) is 0.727. The normalized spacial score (nSPS) is 15.5. The summed E-state index contributed by atoms with van der Waals surface area (Å²) in [7, 11) is 0. The second-order valence-corrected chi connectivity index (χ2v) is 3.99. The van der Waals surface area contributed by atoms with Crippen LogP contribution in [-0.2, 0) is 14.4 Å². The molecule has 97 valence electrons. The maximum Gasteiger partial charge on any atom is 0.242 e. The summed E-state index contributed by atoms with van der Waals surface area (Å²) in [6, 6.07) is -2.02. The van der Waals surface area contributed by atoms with E-state index in [0.29, 0.717) is 6.42 Å². The molecule has 0 aliphatic carbocycles. The van der Waals surface area contributed by atoms with Crippen LogP contribution in [0.4, 0.5) is 0 Å². The van der Waals surface area contributed by atoms with E-state index in [4.69, 9.17) is 5.73 Å². The maximum absolute atomic E-state index is 11.6. The molecule has 0 rings (SSSR count). The van der Waals surface area contributed by atoms with Crippen LogP contribution in [0, 0.1) is 0 Å². The van der Waals surface area contributed by atoms with Crippen LogP contribution in [-0.4, -0.2) is 36.2 Å².